The normalized spacial score (nSPS) is 12.6. The van der Waals surface area contributed by atoms with Gasteiger partial charge >= 0.3 is 0 Å². The number of hydrogen-bond donors (Lipinski definition) is 0. The maximum atomic E-state index is 6.99. The molecule has 0 amide bonds. The van der Waals surface area contributed by atoms with Crippen LogP contribution in [0.3, 0.4) is 0 Å². The van der Waals surface area contributed by atoms with Crippen molar-refractivity contribution in [2.45, 2.75) is 0 Å². The Morgan fingerprint density at radius 2 is 0.806 bits per heavy atom. The van der Waals surface area contributed by atoms with E-state index in [1.165, 1.54) is 58.9 Å². The summed E-state index contributed by atoms with van der Waals surface area (Å²) in [6.07, 6.45) is 0. The smallest absolute Gasteiger partial charge is 0.260 e. The van der Waals surface area contributed by atoms with Gasteiger partial charge in [-0.2, -0.15) is 0 Å². The summed E-state index contributed by atoms with van der Waals surface area (Å²) in [7, 11) is -2.75. The van der Waals surface area contributed by atoms with Gasteiger partial charge < -0.3 is 18.6 Å². The van der Waals surface area contributed by atoms with E-state index >= 15 is 0 Å². The summed E-state index contributed by atoms with van der Waals surface area (Å²) in [5.41, 5.74) is 12.5. The molecule has 4 heterocycles. The summed E-state index contributed by atoms with van der Waals surface area (Å²) in [6.45, 7) is -0.105. The lowest BCUT2D eigenvalue weighted by Crippen LogP contribution is -2.74. The standard InChI is InChI=1S/C66H43BN2O2Si/c1-5-20-46(21-6-1)68-58-31-15-13-29-52(58)54-42-55-53-30-14-16-32-59(53)69(61(55)43-60(54)68)47-36-37-56-65(41-47)71-64-34-18-33-63-66(64)67(56)57-40-45(35-38-62(57)70-63)44-19-17-28-51(39-44)72(48-22-7-2-8-23-48,49-24-9-3-10-25-49)50-26-11-4-12-27-50/h1-43H. The van der Waals surface area contributed by atoms with E-state index < -0.39 is 8.07 Å². The fraction of sp³-hybridized carbons (Fsp3) is 0. The number of nitrogens with zero attached hydrogens (tertiary/aromatic N) is 2. The van der Waals surface area contributed by atoms with Crippen molar-refractivity contribution < 1.29 is 9.47 Å². The Balaban J connectivity index is 0.892. The average molecular weight is 935 g/mol. The van der Waals surface area contributed by atoms with E-state index in [-0.39, 0.29) is 6.71 Å². The minimum absolute atomic E-state index is 0.105. The summed E-state index contributed by atoms with van der Waals surface area (Å²) in [5, 5.41) is 10.3. The fourth-order valence-electron chi connectivity index (χ4n) is 12.3. The van der Waals surface area contributed by atoms with Crippen molar-refractivity contribution in [3.8, 4) is 45.5 Å². The molecule has 0 radical (unpaired) electrons. The van der Waals surface area contributed by atoms with Crippen molar-refractivity contribution >= 4 is 95.5 Å². The van der Waals surface area contributed by atoms with Gasteiger partial charge in [-0.1, -0.05) is 194 Å². The van der Waals surface area contributed by atoms with Gasteiger partial charge in [0.2, 0.25) is 0 Å². The topological polar surface area (TPSA) is 28.3 Å². The molecule has 0 saturated carbocycles. The van der Waals surface area contributed by atoms with Crippen molar-refractivity contribution in [2.24, 2.45) is 0 Å². The van der Waals surface area contributed by atoms with Crippen molar-refractivity contribution in [3.63, 3.8) is 0 Å². The molecular weight excluding hydrogens is 892 g/mol. The summed E-state index contributed by atoms with van der Waals surface area (Å²) >= 11 is 0. The molecule has 0 aliphatic carbocycles. The van der Waals surface area contributed by atoms with E-state index in [1.54, 1.807) is 0 Å². The monoisotopic (exact) mass is 934 g/mol. The zero-order chi connectivity index (χ0) is 47.3. The number of aromatic nitrogens is 2. The van der Waals surface area contributed by atoms with Gasteiger partial charge in [0.15, 0.2) is 8.07 Å². The molecule has 2 aliphatic rings. The molecule has 0 N–H and O–H groups in total. The van der Waals surface area contributed by atoms with Crippen LogP contribution >= 0.6 is 0 Å². The highest BCUT2D eigenvalue weighted by Crippen LogP contribution is 2.41. The lowest BCUT2D eigenvalue weighted by Gasteiger charge is -2.35. The van der Waals surface area contributed by atoms with Crippen LogP contribution in [0.15, 0.2) is 261 Å². The van der Waals surface area contributed by atoms with Crippen LogP contribution in [0.2, 0.25) is 0 Å². The summed E-state index contributed by atoms with van der Waals surface area (Å²) < 4.78 is 18.6. The fourth-order valence-corrected chi connectivity index (χ4v) is 17.1. The molecule has 72 heavy (non-hydrogen) atoms. The third-order valence-corrected chi connectivity index (χ3v) is 20.1. The van der Waals surface area contributed by atoms with Crippen LogP contribution in [0, 0.1) is 0 Å². The van der Waals surface area contributed by atoms with E-state index in [4.69, 9.17) is 9.47 Å². The first kappa shape index (κ1) is 40.8. The predicted octanol–water partition coefficient (Wildman–Crippen LogP) is 11.7. The molecule has 4 nitrogen and oxygen atoms in total. The Morgan fingerprint density at radius 3 is 1.43 bits per heavy atom. The summed E-state index contributed by atoms with van der Waals surface area (Å²) in [6, 6.07) is 95.5. The minimum atomic E-state index is -2.75. The molecule has 2 aromatic heterocycles. The van der Waals surface area contributed by atoms with Gasteiger partial charge in [0.05, 0.1) is 22.1 Å². The summed E-state index contributed by atoms with van der Waals surface area (Å²) in [5.74, 6) is 3.36. The van der Waals surface area contributed by atoms with E-state index in [9.17, 15) is 0 Å². The first-order valence-corrected chi connectivity index (χ1v) is 26.8. The molecule has 15 rings (SSSR count). The van der Waals surface area contributed by atoms with Gasteiger partial charge in [-0.15, -0.1) is 0 Å². The summed E-state index contributed by atoms with van der Waals surface area (Å²) in [4.78, 5) is 0. The number of para-hydroxylation sites is 3. The molecule has 13 aromatic rings. The van der Waals surface area contributed by atoms with Crippen molar-refractivity contribution in [1.82, 2.24) is 9.13 Å². The molecule has 0 bridgehead atoms. The molecule has 6 heteroatoms. The van der Waals surface area contributed by atoms with Crippen LogP contribution in [0.1, 0.15) is 0 Å². The van der Waals surface area contributed by atoms with Gasteiger partial charge in [0.25, 0.3) is 6.71 Å². The second-order valence-corrected chi connectivity index (χ2v) is 22.9. The molecule has 0 atom stereocenters. The molecule has 336 valence electrons. The van der Waals surface area contributed by atoms with Crippen LogP contribution in [-0.4, -0.2) is 23.9 Å². The van der Waals surface area contributed by atoms with Gasteiger partial charge in [0.1, 0.15) is 23.0 Å². The number of hydrogen-bond acceptors (Lipinski definition) is 2. The lowest BCUT2D eigenvalue weighted by atomic mass is 9.34. The van der Waals surface area contributed by atoms with E-state index in [0.717, 1.165) is 67.4 Å². The maximum absolute atomic E-state index is 6.99. The van der Waals surface area contributed by atoms with E-state index in [1.807, 2.05) is 6.07 Å². The Labute approximate surface area is 418 Å². The van der Waals surface area contributed by atoms with Gasteiger partial charge in [-0.25, -0.2) is 0 Å². The third kappa shape index (κ3) is 6.00. The van der Waals surface area contributed by atoms with E-state index in [0.29, 0.717) is 0 Å². The molecule has 0 saturated heterocycles. The highest BCUT2D eigenvalue weighted by Gasteiger charge is 2.43. The lowest BCUT2D eigenvalue weighted by molar-refractivity contribution is 0.464. The van der Waals surface area contributed by atoms with Crippen LogP contribution < -0.4 is 46.6 Å². The first-order valence-electron chi connectivity index (χ1n) is 24.8. The SMILES string of the molecule is c1ccc(-n2c3ccccc3c3cc4c5ccccc5n(-c5ccc6c(c5)Oc5cccc7c5B6c5cc(-c6cccc([Si](c8ccccc8)(c8ccccc8)c8ccccc8)c6)ccc5O7)c4cc32)cc1. The molecule has 0 spiro atoms. The van der Waals surface area contributed by atoms with Crippen molar-refractivity contribution in [2.75, 3.05) is 0 Å². The first-order chi connectivity index (χ1) is 35.7. The zero-order valence-corrected chi connectivity index (χ0v) is 40.1. The quantitative estimate of drug-likeness (QED) is 0.118. The number of ether oxygens (including phenoxy) is 2. The van der Waals surface area contributed by atoms with Gasteiger partial charge in [0, 0.05) is 44.4 Å². The van der Waals surface area contributed by atoms with Crippen LogP contribution in [0.5, 0.6) is 23.0 Å². The molecule has 11 aromatic carbocycles. The Morgan fingerprint density at radius 1 is 0.292 bits per heavy atom. The Kier molecular flexibility index (Phi) is 9.04. The van der Waals surface area contributed by atoms with Crippen LogP contribution in [0.4, 0.5) is 0 Å². The highest BCUT2D eigenvalue weighted by molar-refractivity contribution is 7.20. The van der Waals surface area contributed by atoms with Gasteiger partial charge in [-0.3, -0.25) is 0 Å². The van der Waals surface area contributed by atoms with Crippen LogP contribution in [0.25, 0.3) is 66.1 Å². The third-order valence-electron chi connectivity index (χ3n) is 15.4. The van der Waals surface area contributed by atoms with Gasteiger partial charge in [-0.05, 0) is 103 Å². The van der Waals surface area contributed by atoms with E-state index in [2.05, 4.69) is 264 Å². The number of benzene rings is 11. The Bertz CT molecular complexity index is 4190. The number of rotatable bonds is 7. The zero-order valence-electron chi connectivity index (χ0n) is 39.1. The van der Waals surface area contributed by atoms with Crippen LogP contribution in [-0.2, 0) is 0 Å². The molecular formula is C66H43BN2O2Si. The maximum Gasteiger partial charge on any atom is 0.260 e. The molecule has 2 aliphatic heterocycles. The van der Waals surface area contributed by atoms with Crippen molar-refractivity contribution in [1.29, 1.82) is 0 Å². The highest BCUT2D eigenvalue weighted by atomic mass is 28.3. The predicted molar refractivity (Wildman–Crippen MR) is 302 cm³/mol. The minimum Gasteiger partial charge on any atom is -0.458 e. The Hall–Kier alpha value is -9.10. The largest absolute Gasteiger partial charge is 0.458 e. The van der Waals surface area contributed by atoms with Crippen molar-refractivity contribution in [3.05, 3.63) is 261 Å². The second kappa shape index (κ2) is 16.0. The average Bonchev–Trinajstić information content (AvgIpc) is 3.95. The second-order valence-electron chi connectivity index (χ2n) is 19.1. The number of fused-ring (bicyclic) bond motifs is 10. The molecule has 0 unspecified atom stereocenters. The molecule has 0 fully saturated rings.